The van der Waals surface area contributed by atoms with E-state index >= 15 is 0 Å². The molecular weight excluding hydrogens is 358 g/mol. The molecular formula is C14H13Br2NO. The first kappa shape index (κ1) is 13.7. The molecule has 0 spiro atoms. The molecule has 4 heteroatoms. The summed E-state index contributed by atoms with van der Waals surface area (Å²) in [6, 6.07) is 9.66. The van der Waals surface area contributed by atoms with E-state index in [1.165, 1.54) is 0 Å². The smallest absolute Gasteiger partial charge is 0.0866 e. The van der Waals surface area contributed by atoms with Crippen molar-refractivity contribution in [1.82, 2.24) is 4.98 Å². The van der Waals surface area contributed by atoms with Gasteiger partial charge in [0.15, 0.2) is 0 Å². The molecule has 1 N–H and O–H groups in total. The Labute approximate surface area is 123 Å². The molecule has 0 fully saturated rings. The predicted octanol–water partition coefficient (Wildman–Crippen LogP) is 4.44. The van der Waals surface area contributed by atoms with Crippen molar-refractivity contribution in [2.45, 2.75) is 18.9 Å². The highest BCUT2D eigenvalue weighted by Crippen LogP contribution is 2.35. The van der Waals surface area contributed by atoms with E-state index in [9.17, 15) is 5.11 Å². The molecule has 0 aliphatic heterocycles. The van der Waals surface area contributed by atoms with Crippen molar-refractivity contribution in [2.24, 2.45) is 0 Å². The van der Waals surface area contributed by atoms with Crippen LogP contribution in [0, 0.1) is 0 Å². The van der Waals surface area contributed by atoms with Crippen LogP contribution in [0.5, 0.6) is 0 Å². The lowest BCUT2D eigenvalue weighted by atomic mass is 9.91. The summed E-state index contributed by atoms with van der Waals surface area (Å²) in [4.78, 5) is 3.99. The Balaban J connectivity index is 2.28. The predicted molar refractivity (Wildman–Crippen MR) is 79.5 cm³/mol. The second-order valence-corrected chi connectivity index (χ2v) is 5.95. The quantitative estimate of drug-likeness (QED) is 0.866. The minimum Gasteiger partial charge on any atom is -0.388 e. The Kier molecular flexibility index (Phi) is 4.54. The molecule has 0 saturated carbocycles. The number of hydrogen-bond acceptors (Lipinski definition) is 2. The molecule has 0 aliphatic carbocycles. The summed E-state index contributed by atoms with van der Waals surface area (Å²) in [6.07, 6.45) is 2.94. The highest BCUT2D eigenvalue weighted by molar-refractivity contribution is 9.11. The van der Waals surface area contributed by atoms with E-state index in [4.69, 9.17) is 0 Å². The second-order valence-electron chi connectivity index (χ2n) is 4.18. The summed E-state index contributed by atoms with van der Waals surface area (Å²) < 4.78 is 1.90. The number of pyridine rings is 1. The lowest BCUT2D eigenvalue weighted by Crippen LogP contribution is -2.08. The lowest BCUT2D eigenvalue weighted by molar-refractivity contribution is 0.151. The molecule has 94 valence electrons. The van der Waals surface area contributed by atoms with E-state index < -0.39 is 6.10 Å². The zero-order chi connectivity index (χ0) is 13.1. The molecule has 2 aromatic rings. The molecule has 1 heterocycles. The molecule has 0 amide bonds. The number of rotatable bonds is 3. The van der Waals surface area contributed by atoms with Gasteiger partial charge in [-0.15, -0.1) is 0 Å². The largest absolute Gasteiger partial charge is 0.388 e. The van der Waals surface area contributed by atoms with Gasteiger partial charge in [0.05, 0.1) is 6.10 Å². The molecule has 0 radical (unpaired) electrons. The molecule has 18 heavy (non-hydrogen) atoms. The van der Waals surface area contributed by atoms with Crippen molar-refractivity contribution in [3.8, 4) is 0 Å². The van der Waals surface area contributed by atoms with Gasteiger partial charge in [-0.2, -0.15) is 0 Å². The molecule has 0 saturated heterocycles. The van der Waals surface area contributed by atoms with Gasteiger partial charge in [-0.3, -0.25) is 4.98 Å². The molecule has 2 nitrogen and oxygen atoms in total. The zero-order valence-corrected chi connectivity index (χ0v) is 13.0. The summed E-state index contributed by atoms with van der Waals surface area (Å²) >= 11 is 6.89. The number of halogens is 2. The molecule has 1 aromatic heterocycles. The number of aromatic nitrogens is 1. The van der Waals surface area contributed by atoms with Crippen molar-refractivity contribution >= 4 is 31.9 Å². The van der Waals surface area contributed by atoms with Gasteiger partial charge in [0.2, 0.25) is 0 Å². The van der Waals surface area contributed by atoms with Crippen molar-refractivity contribution in [3.63, 3.8) is 0 Å². The van der Waals surface area contributed by atoms with E-state index in [2.05, 4.69) is 36.8 Å². The van der Waals surface area contributed by atoms with E-state index in [-0.39, 0.29) is 5.92 Å². The molecule has 1 aromatic carbocycles. The summed E-state index contributed by atoms with van der Waals surface area (Å²) in [5.74, 6) is 0.0190. The SMILES string of the molecule is CC(c1ccncc1)C(O)c1ccc(Br)cc1Br. The van der Waals surface area contributed by atoms with Gasteiger partial charge >= 0.3 is 0 Å². The van der Waals surface area contributed by atoms with E-state index in [1.807, 2.05) is 37.3 Å². The van der Waals surface area contributed by atoms with Crippen LogP contribution >= 0.6 is 31.9 Å². The van der Waals surface area contributed by atoms with E-state index in [0.29, 0.717) is 0 Å². The molecule has 2 rings (SSSR count). The van der Waals surface area contributed by atoms with Gasteiger partial charge < -0.3 is 5.11 Å². The number of hydrogen-bond donors (Lipinski definition) is 1. The molecule has 2 atom stereocenters. The van der Waals surface area contributed by atoms with Gasteiger partial charge in [0, 0.05) is 27.3 Å². The average molecular weight is 371 g/mol. The van der Waals surface area contributed by atoms with E-state index in [0.717, 1.165) is 20.1 Å². The van der Waals surface area contributed by atoms with Crippen LogP contribution in [0.1, 0.15) is 30.1 Å². The zero-order valence-electron chi connectivity index (χ0n) is 9.85. The highest BCUT2D eigenvalue weighted by atomic mass is 79.9. The van der Waals surface area contributed by atoms with Crippen molar-refractivity contribution in [1.29, 1.82) is 0 Å². The number of nitrogens with zero attached hydrogens (tertiary/aromatic N) is 1. The maximum absolute atomic E-state index is 10.4. The fraction of sp³-hybridized carbons (Fsp3) is 0.214. The highest BCUT2D eigenvalue weighted by Gasteiger charge is 2.20. The van der Waals surface area contributed by atoms with Crippen LogP contribution in [-0.4, -0.2) is 10.1 Å². The molecule has 0 aliphatic rings. The third-order valence-electron chi connectivity index (χ3n) is 2.99. The topological polar surface area (TPSA) is 33.1 Å². The van der Waals surface area contributed by atoms with Crippen LogP contribution in [0.3, 0.4) is 0 Å². The molecule has 0 bridgehead atoms. The lowest BCUT2D eigenvalue weighted by Gasteiger charge is -2.20. The third kappa shape index (κ3) is 2.99. The van der Waals surface area contributed by atoms with Gasteiger partial charge in [0.25, 0.3) is 0 Å². The third-order valence-corrected chi connectivity index (χ3v) is 4.17. The summed E-state index contributed by atoms with van der Waals surface area (Å²) in [5.41, 5.74) is 1.97. The summed E-state index contributed by atoms with van der Waals surface area (Å²) in [6.45, 7) is 2.01. The summed E-state index contributed by atoms with van der Waals surface area (Å²) in [7, 11) is 0. The van der Waals surface area contributed by atoms with Gasteiger partial charge in [-0.05, 0) is 35.4 Å². The number of aliphatic hydroxyl groups is 1. The fourth-order valence-electron chi connectivity index (χ4n) is 1.86. The van der Waals surface area contributed by atoms with Gasteiger partial charge in [0.1, 0.15) is 0 Å². The minimum absolute atomic E-state index is 0.0190. The Morgan fingerprint density at radius 3 is 2.39 bits per heavy atom. The van der Waals surface area contributed by atoms with Crippen LogP contribution in [0.25, 0.3) is 0 Å². The maximum Gasteiger partial charge on any atom is 0.0866 e. The standard InChI is InChI=1S/C14H13Br2NO/c1-9(10-4-6-17-7-5-10)14(18)12-3-2-11(15)8-13(12)16/h2-9,14,18H,1H3. The Morgan fingerprint density at radius 2 is 1.78 bits per heavy atom. The first-order valence-corrected chi connectivity index (χ1v) is 7.21. The Hall–Kier alpha value is -0.710. The maximum atomic E-state index is 10.4. The van der Waals surface area contributed by atoms with Crippen molar-refractivity contribution < 1.29 is 5.11 Å². The number of aliphatic hydroxyl groups excluding tert-OH is 1. The van der Waals surface area contributed by atoms with Gasteiger partial charge in [-0.1, -0.05) is 44.8 Å². The molecule has 2 unspecified atom stereocenters. The summed E-state index contributed by atoms with van der Waals surface area (Å²) in [5, 5.41) is 10.4. The Bertz CT molecular complexity index is 531. The average Bonchev–Trinajstić information content (AvgIpc) is 2.38. The van der Waals surface area contributed by atoms with E-state index in [1.54, 1.807) is 12.4 Å². The first-order valence-electron chi connectivity index (χ1n) is 5.62. The monoisotopic (exact) mass is 369 g/mol. The van der Waals surface area contributed by atoms with Crippen molar-refractivity contribution in [2.75, 3.05) is 0 Å². The number of benzene rings is 1. The minimum atomic E-state index is -0.546. The van der Waals surface area contributed by atoms with Crippen LogP contribution in [0.15, 0.2) is 51.7 Å². The Morgan fingerprint density at radius 1 is 1.11 bits per heavy atom. The normalized spacial score (nSPS) is 14.2. The van der Waals surface area contributed by atoms with Gasteiger partial charge in [-0.25, -0.2) is 0 Å². The van der Waals surface area contributed by atoms with Crippen LogP contribution in [0.4, 0.5) is 0 Å². The van der Waals surface area contributed by atoms with Crippen LogP contribution < -0.4 is 0 Å². The van der Waals surface area contributed by atoms with Crippen molar-refractivity contribution in [3.05, 3.63) is 62.8 Å². The fourth-order valence-corrected chi connectivity index (χ4v) is 3.14. The van der Waals surface area contributed by atoms with Crippen LogP contribution in [-0.2, 0) is 0 Å². The van der Waals surface area contributed by atoms with Crippen LogP contribution in [0.2, 0.25) is 0 Å². The first-order chi connectivity index (χ1) is 8.59. The second kappa shape index (κ2) is 5.95.